The first-order chi connectivity index (χ1) is 11.7. The van der Waals surface area contributed by atoms with Crippen LogP contribution in [0.2, 0.25) is 1.41 Å². The molecule has 25 radical (unpaired) electrons. The van der Waals surface area contributed by atoms with Gasteiger partial charge in [-0.25, -0.2) is 6.39 Å². The van der Waals surface area contributed by atoms with Gasteiger partial charge in [0.05, 0.1) is 0 Å². The van der Waals surface area contributed by atoms with E-state index in [-0.39, 0.29) is 0 Å². The Bertz CT molecular complexity index is 332. The Morgan fingerprint density at radius 3 is 1.12 bits per heavy atom. The van der Waals surface area contributed by atoms with Crippen molar-refractivity contribution in [1.82, 2.24) is 3.43 Å². The molecule has 0 unspecified atom stereocenters. The Hall–Kier alpha value is 2.18. The maximum atomic E-state index is 8.20. The van der Waals surface area contributed by atoms with E-state index in [1.54, 1.807) is 22.9 Å². The van der Waals surface area contributed by atoms with Gasteiger partial charge in [0.25, 0.3) is 0 Å². The van der Waals surface area contributed by atoms with Gasteiger partial charge in [-0.3, -0.25) is 0 Å². The second kappa shape index (κ2) is 12.7. The van der Waals surface area contributed by atoms with E-state index in [2.05, 4.69) is 0 Å². The van der Waals surface area contributed by atoms with Crippen LogP contribution in [0.15, 0.2) is 0 Å². The van der Waals surface area contributed by atoms with Crippen molar-refractivity contribution in [2.75, 3.05) is 0 Å². The zero-order valence-corrected chi connectivity index (χ0v) is 16.3. The van der Waals surface area contributed by atoms with E-state index in [0.717, 1.165) is 3.43 Å². The molecule has 0 aromatic carbocycles. The molecule has 0 saturated carbocycles. The summed E-state index contributed by atoms with van der Waals surface area (Å²) in [6.07, 6.45) is -9.13. The highest BCUT2D eigenvalue weighted by Crippen LogP contribution is 2.10. The summed E-state index contributed by atoms with van der Waals surface area (Å²) >= 11 is 1.71. The van der Waals surface area contributed by atoms with Crippen LogP contribution in [0.5, 0.6) is 0 Å². The van der Waals surface area contributed by atoms with Crippen LogP contribution in [0.25, 0.3) is 0 Å². The van der Waals surface area contributed by atoms with Crippen LogP contribution in [0, 0.1) is 0 Å². The first-order valence-electron chi connectivity index (χ1n) is 8.21. The molecule has 0 aliphatic carbocycles. The Morgan fingerprint density at radius 1 is 0.600 bits per heavy atom. The van der Waals surface area contributed by atoms with Crippen LogP contribution in [-0.4, -0.2) is 163 Å². The molecular weight excluding hydrogens is 390 g/mol. The maximum Gasteiger partial charge on any atom is 0.129 e. The molecule has 83 valence electrons. The minimum Gasteiger partial charge on any atom is -0.687 e. The molecule has 0 aliphatic rings. The molecule has 0 aromatic rings. The molecule has 1 N–H and O–H groups in total. The summed E-state index contributed by atoms with van der Waals surface area (Å²) in [6.45, 7) is -0.848. The van der Waals surface area contributed by atoms with Crippen molar-refractivity contribution >= 4 is 186 Å². The Kier molecular flexibility index (Phi) is 12.8. The van der Waals surface area contributed by atoms with Gasteiger partial charge in [0, 0.05) is 129 Å². The van der Waals surface area contributed by atoms with Crippen molar-refractivity contribution in [1.29, 1.82) is 0 Å². The Balaban J connectivity index is 6.53. The molecule has 25 heteroatoms. The van der Waals surface area contributed by atoms with E-state index in [4.69, 9.17) is 94.3 Å². The van der Waals surface area contributed by atoms with Crippen LogP contribution < -0.4 is 3.43 Å². The van der Waals surface area contributed by atoms with Crippen molar-refractivity contribution in [3.63, 3.8) is 0 Å². The predicted molar refractivity (Wildman–Crippen MR) is 149 cm³/mol. The molecule has 25 heavy (non-hydrogen) atoms. The number of halogens is 1. The first-order valence-corrected chi connectivity index (χ1v) is 8.73. The molecule has 0 rings (SSSR count). The minimum absolute atomic E-state index is 0.779. The van der Waals surface area contributed by atoms with Gasteiger partial charge in [0.15, 0.2) is 0 Å². The average Bonchev–Trinajstić information content (AvgIpc) is 2.40. The standard InChI is InChI=1S/B23HIN/c1-13(2)19(14(3)4)22(20(15(5)6)16(7)8)23(25-24)21(17(9)10)18(11)12/h25H/q-1/i/hT. The Morgan fingerprint density at radius 2 is 0.920 bits per heavy atom. The van der Waals surface area contributed by atoms with Gasteiger partial charge in [-0.2, -0.15) is 0 Å². The molecule has 0 saturated heterocycles. The first kappa shape index (κ1) is 25.2. The monoisotopic (exact) mass is 397 g/mol. The quantitative estimate of drug-likeness (QED) is 0.209. The molecule has 0 aliphatic heterocycles. The smallest absolute Gasteiger partial charge is 0.129 e. The summed E-state index contributed by atoms with van der Waals surface area (Å²) in [5, 5.41) is 0. The molecule has 0 fully saturated rings. The van der Waals surface area contributed by atoms with E-state index in [1.807, 2.05) is 0 Å². The molecule has 0 spiro atoms. The zero-order valence-electron chi connectivity index (χ0n) is 15.1. The summed E-state index contributed by atoms with van der Waals surface area (Å²) < 4.78 is 9.25. The van der Waals surface area contributed by atoms with E-state index >= 15 is 0 Å². The van der Waals surface area contributed by atoms with E-state index < -0.39 is 70.5 Å². The van der Waals surface area contributed by atoms with Crippen molar-refractivity contribution in [3.8, 4) is 0 Å². The highest BCUT2D eigenvalue weighted by atomic mass is 127. The molecule has 1 nitrogen and oxygen atoms in total. The third-order valence-corrected chi connectivity index (χ3v) is 5.10. The predicted octanol–water partition coefficient (Wildman–Crippen LogP) is -8.37. The van der Waals surface area contributed by atoms with Crippen molar-refractivity contribution in [2.24, 2.45) is 0 Å². The van der Waals surface area contributed by atoms with Crippen LogP contribution >= 0.6 is 22.9 Å². The van der Waals surface area contributed by atoms with Crippen LogP contribution in [0.1, 0.15) is 0 Å². The highest BCUT2D eigenvalue weighted by molar-refractivity contribution is 14.1. The fraction of sp³-hybridized carbons (Fsp3) is 0. The molecular formula is HB23IN-. The maximum absolute atomic E-state index is 8.20. The SMILES string of the molecule is [3H]N(I)B(B(B([B])[B])B([B])[B])B(B(B([B])[B])B([B])[B])B(B([B])[B])B([B])[B-]. The fourth-order valence-corrected chi connectivity index (χ4v) is 4.09. The number of hydrogen-bond acceptors (Lipinski definition) is 1. The zero-order chi connectivity index (χ0) is 20.9. The summed E-state index contributed by atoms with van der Waals surface area (Å²) in [5.41, 5.74) is 0. The second-order valence-corrected chi connectivity index (χ2v) is 6.92. The van der Waals surface area contributed by atoms with Crippen LogP contribution in [0.3, 0.4) is 0 Å². The summed E-state index contributed by atoms with van der Waals surface area (Å²) in [5.74, 6) is 0. The topological polar surface area (TPSA) is 12.0 Å². The highest BCUT2D eigenvalue weighted by Gasteiger charge is 2.48. The molecule has 0 atom stereocenters. The molecule has 0 bridgehead atoms. The molecule has 0 amide bonds. The fourth-order valence-electron chi connectivity index (χ4n) is 3.35. The lowest BCUT2D eigenvalue weighted by Crippen LogP contribution is -2.85. The van der Waals surface area contributed by atoms with Gasteiger partial charge in [-0.15, -0.1) is 0 Å². The van der Waals surface area contributed by atoms with Crippen molar-refractivity contribution < 1.29 is 1.41 Å². The van der Waals surface area contributed by atoms with Crippen molar-refractivity contribution in [3.05, 3.63) is 0 Å². The van der Waals surface area contributed by atoms with E-state index in [1.165, 1.54) is 0 Å². The number of rotatable bonds is 11. The van der Waals surface area contributed by atoms with Gasteiger partial charge in [0.2, 0.25) is 0 Å². The molecule has 0 aromatic heterocycles. The molecule has 0 heterocycles. The van der Waals surface area contributed by atoms with Gasteiger partial charge < -0.3 is 11.2 Å². The summed E-state index contributed by atoms with van der Waals surface area (Å²) in [7, 11) is 70.8. The lowest BCUT2D eigenvalue weighted by molar-refractivity contribution is 1.79. The van der Waals surface area contributed by atoms with Crippen LogP contribution in [-0.2, 0) is 0 Å². The van der Waals surface area contributed by atoms with Gasteiger partial charge in [-0.1, -0.05) is 0 Å². The average molecular weight is 393 g/mol. The largest absolute Gasteiger partial charge is 0.687 e. The lowest BCUT2D eigenvalue weighted by Gasteiger charge is -2.48. The Labute approximate surface area is 190 Å². The second-order valence-electron chi connectivity index (χ2n) is 6.36. The van der Waals surface area contributed by atoms with Crippen LogP contribution in [0.4, 0.5) is 0 Å². The normalized spacial score (nSPS) is 10.3. The van der Waals surface area contributed by atoms with E-state index in [9.17, 15) is 0 Å². The minimum atomic E-state index is -0.998. The summed E-state index contributed by atoms with van der Waals surface area (Å²) in [4.78, 5) is 0. The van der Waals surface area contributed by atoms with Gasteiger partial charge >= 0.3 is 0 Å². The third-order valence-electron chi connectivity index (χ3n) is 4.46. The van der Waals surface area contributed by atoms with Gasteiger partial charge in [0.1, 0.15) is 8.04 Å². The van der Waals surface area contributed by atoms with E-state index in [0.29, 0.717) is 0 Å². The number of nitrogens with one attached hydrogen (secondary N) is 1. The lowest BCUT2D eigenvalue weighted by atomic mass is 8.39. The van der Waals surface area contributed by atoms with Crippen molar-refractivity contribution in [2.45, 2.75) is 0 Å². The number of hydrogen-bond donors (Lipinski definition) is 1. The summed E-state index contributed by atoms with van der Waals surface area (Å²) in [6, 6.07) is 0. The third kappa shape index (κ3) is 7.84. The van der Waals surface area contributed by atoms with Gasteiger partial charge in [-0.05, 0) is 36.0 Å².